The average molecular weight is 419 g/mol. The Hall–Kier alpha value is -0.183. The van der Waals surface area contributed by atoms with Crippen LogP contribution in [0.1, 0.15) is 12.1 Å². The number of halogens is 1. The highest BCUT2D eigenvalue weighted by atomic mass is 127. The zero-order chi connectivity index (χ0) is 15.5. The molecule has 0 aliphatic carbocycles. The molecule has 0 spiro atoms. The van der Waals surface area contributed by atoms with Gasteiger partial charge in [0.05, 0.1) is 15.5 Å². The van der Waals surface area contributed by atoms with Crippen LogP contribution in [0.2, 0.25) is 25.7 Å². The highest BCUT2D eigenvalue weighted by Crippen LogP contribution is 2.24. The summed E-state index contributed by atoms with van der Waals surface area (Å²) in [5.74, 6) is 0. The standard InChI is InChI=1S/C15H26IN3OSi/c1-18-7-5-6-13(11-18)15-14(16)10-17-19(15)12-20-8-9-21(2,3)4/h6,10H,5,7-9,11-12H2,1-4H3. The molecule has 4 nitrogen and oxygen atoms in total. The van der Waals surface area contributed by atoms with Crippen molar-refractivity contribution in [3.05, 3.63) is 21.5 Å². The average Bonchev–Trinajstić information content (AvgIpc) is 2.75. The Bertz CT molecular complexity index is 508. The van der Waals surface area contributed by atoms with E-state index in [9.17, 15) is 0 Å². The van der Waals surface area contributed by atoms with Gasteiger partial charge >= 0.3 is 0 Å². The minimum absolute atomic E-state index is 0.559. The van der Waals surface area contributed by atoms with Crippen molar-refractivity contribution >= 4 is 36.2 Å². The number of aromatic nitrogens is 2. The van der Waals surface area contributed by atoms with E-state index in [1.165, 1.54) is 20.9 Å². The SMILES string of the molecule is CN1CCC=C(c2c(I)cnn2COCC[Si](C)(C)C)C1. The third-order valence-corrected chi connectivity index (χ3v) is 6.14. The van der Waals surface area contributed by atoms with Crippen LogP contribution in [-0.2, 0) is 11.5 Å². The molecule has 0 amide bonds. The van der Waals surface area contributed by atoms with Gasteiger partial charge in [0.2, 0.25) is 0 Å². The van der Waals surface area contributed by atoms with Crippen LogP contribution in [0.25, 0.3) is 5.57 Å². The monoisotopic (exact) mass is 419 g/mol. The van der Waals surface area contributed by atoms with E-state index in [1.54, 1.807) is 0 Å². The first-order valence-electron chi connectivity index (χ1n) is 7.54. The molecule has 6 heteroatoms. The zero-order valence-electron chi connectivity index (χ0n) is 13.5. The third-order valence-electron chi connectivity index (χ3n) is 3.65. The van der Waals surface area contributed by atoms with Crippen LogP contribution >= 0.6 is 22.6 Å². The molecule has 0 aromatic carbocycles. The molecule has 21 heavy (non-hydrogen) atoms. The normalized spacial score (nSPS) is 17.1. The van der Waals surface area contributed by atoms with Gasteiger partial charge in [-0.1, -0.05) is 25.7 Å². The molecule has 0 radical (unpaired) electrons. The second-order valence-electron chi connectivity index (χ2n) is 6.94. The van der Waals surface area contributed by atoms with Crippen molar-refractivity contribution in [3.8, 4) is 0 Å². The third kappa shape index (κ3) is 5.19. The first-order valence-corrected chi connectivity index (χ1v) is 12.3. The molecule has 0 unspecified atom stereocenters. The summed E-state index contributed by atoms with van der Waals surface area (Å²) in [7, 11) is 1.15. The van der Waals surface area contributed by atoms with Gasteiger partial charge in [-0.25, -0.2) is 4.68 Å². The van der Waals surface area contributed by atoms with Gasteiger partial charge in [0.15, 0.2) is 0 Å². The number of likely N-dealkylation sites (N-methyl/N-ethyl adjacent to an activating group) is 1. The zero-order valence-corrected chi connectivity index (χ0v) is 16.7. The summed E-state index contributed by atoms with van der Waals surface area (Å²) in [5, 5.41) is 4.49. The molecule has 0 fully saturated rings. The smallest absolute Gasteiger partial charge is 0.140 e. The molecule has 118 valence electrons. The van der Waals surface area contributed by atoms with E-state index in [1.807, 2.05) is 10.9 Å². The number of nitrogens with zero attached hydrogens (tertiary/aromatic N) is 3. The second-order valence-corrected chi connectivity index (χ2v) is 13.7. The van der Waals surface area contributed by atoms with E-state index < -0.39 is 8.07 Å². The molecule has 2 rings (SSSR count). The highest BCUT2D eigenvalue weighted by molar-refractivity contribution is 14.1. The van der Waals surface area contributed by atoms with E-state index in [0.717, 1.165) is 26.1 Å². The van der Waals surface area contributed by atoms with E-state index in [4.69, 9.17) is 4.74 Å². The molecular formula is C15H26IN3OSi. The van der Waals surface area contributed by atoms with Crippen LogP contribution in [0.5, 0.6) is 0 Å². The summed E-state index contributed by atoms with van der Waals surface area (Å²) in [5.41, 5.74) is 2.61. The number of ether oxygens (including phenoxy) is 1. The van der Waals surface area contributed by atoms with Gasteiger partial charge < -0.3 is 9.64 Å². The number of hydrogen-bond donors (Lipinski definition) is 0. The van der Waals surface area contributed by atoms with Gasteiger partial charge in [-0.05, 0) is 47.7 Å². The molecular weight excluding hydrogens is 393 g/mol. The predicted octanol–water partition coefficient (Wildman–Crippen LogP) is 3.52. The highest BCUT2D eigenvalue weighted by Gasteiger charge is 2.18. The molecule has 1 aliphatic heterocycles. The van der Waals surface area contributed by atoms with Crippen molar-refractivity contribution in [1.82, 2.24) is 14.7 Å². The van der Waals surface area contributed by atoms with Crippen LogP contribution in [0, 0.1) is 3.57 Å². The number of rotatable bonds is 6. The summed E-state index contributed by atoms with van der Waals surface area (Å²) in [6.45, 7) is 10.7. The van der Waals surface area contributed by atoms with Crippen LogP contribution in [0.4, 0.5) is 0 Å². The lowest BCUT2D eigenvalue weighted by atomic mass is 10.1. The van der Waals surface area contributed by atoms with Crippen molar-refractivity contribution in [2.75, 3.05) is 26.7 Å². The molecule has 1 aromatic rings. The van der Waals surface area contributed by atoms with Crippen molar-refractivity contribution in [2.45, 2.75) is 38.8 Å². The van der Waals surface area contributed by atoms with Gasteiger partial charge in [0.25, 0.3) is 0 Å². The molecule has 0 saturated heterocycles. The minimum Gasteiger partial charge on any atom is -0.360 e. The molecule has 0 saturated carbocycles. The van der Waals surface area contributed by atoms with Crippen LogP contribution in [0.3, 0.4) is 0 Å². The van der Waals surface area contributed by atoms with E-state index in [2.05, 4.69) is 65.4 Å². The maximum Gasteiger partial charge on any atom is 0.140 e. The topological polar surface area (TPSA) is 30.3 Å². The predicted molar refractivity (Wildman–Crippen MR) is 99.1 cm³/mol. The molecule has 0 N–H and O–H groups in total. The largest absolute Gasteiger partial charge is 0.360 e. The van der Waals surface area contributed by atoms with Gasteiger partial charge in [-0.3, -0.25) is 0 Å². The Labute approximate surface area is 142 Å². The minimum atomic E-state index is -1.02. The maximum absolute atomic E-state index is 5.86. The lowest BCUT2D eigenvalue weighted by Gasteiger charge is -2.24. The Morgan fingerprint density at radius 1 is 1.38 bits per heavy atom. The fraction of sp³-hybridized carbons (Fsp3) is 0.667. The molecule has 1 aliphatic rings. The second kappa shape index (κ2) is 7.39. The van der Waals surface area contributed by atoms with Crippen molar-refractivity contribution < 1.29 is 4.74 Å². The fourth-order valence-corrected chi connectivity index (χ4v) is 3.88. The van der Waals surface area contributed by atoms with Gasteiger partial charge in [0.1, 0.15) is 6.73 Å². The Balaban J connectivity index is 2.00. The first-order chi connectivity index (χ1) is 9.87. The lowest BCUT2D eigenvalue weighted by Crippen LogP contribution is -2.26. The first kappa shape index (κ1) is 17.2. The summed E-state index contributed by atoms with van der Waals surface area (Å²) < 4.78 is 9.08. The van der Waals surface area contributed by atoms with Crippen LogP contribution in [0.15, 0.2) is 12.3 Å². The molecule has 2 heterocycles. The van der Waals surface area contributed by atoms with Crippen molar-refractivity contribution in [2.24, 2.45) is 0 Å². The summed E-state index contributed by atoms with van der Waals surface area (Å²) in [4.78, 5) is 2.36. The van der Waals surface area contributed by atoms with Gasteiger partial charge in [-0.15, -0.1) is 0 Å². The Morgan fingerprint density at radius 2 is 2.14 bits per heavy atom. The summed E-state index contributed by atoms with van der Waals surface area (Å²) in [6, 6.07) is 1.20. The molecule has 0 bridgehead atoms. The fourth-order valence-electron chi connectivity index (χ4n) is 2.37. The van der Waals surface area contributed by atoms with Crippen LogP contribution in [-0.4, -0.2) is 49.5 Å². The quantitative estimate of drug-likeness (QED) is 0.402. The van der Waals surface area contributed by atoms with E-state index >= 15 is 0 Å². The van der Waals surface area contributed by atoms with Crippen molar-refractivity contribution in [3.63, 3.8) is 0 Å². The van der Waals surface area contributed by atoms with E-state index in [-0.39, 0.29) is 0 Å². The molecule has 0 atom stereocenters. The number of hydrogen-bond acceptors (Lipinski definition) is 3. The van der Waals surface area contributed by atoms with E-state index in [0.29, 0.717) is 6.73 Å². The van der Waals surface area contributed by atoms with Crippen molar-refractivity contribution in [1.29, 1.82) is 0 Å². The summed E-state index contributed by atoms with van der Waals surface area (Å²) >= 11 is 2.37. The molecule has 1 aromatic heterocycles. The maximum atomic E-state index is 5.86. The van der Waals surface area contributed by atoms with Gasteiger partial charge in [-0.2, -0.15) is 5.10 Å². The van der Waals surface area contributed by atoms with Crippen LogP contribution < -0.4 is 0 Å². The summed E-state index contributed by atoms with van der Waals surface area (Å²) in [6.07, 6.45) is 5.40. The lowest BCUT2D eigenvalue weighted by molar-refractivity contribution is 0.0778. The Kier molecular flexibility index (Phi) is 6.04. The Morgan fingerprint density at radius 3 is 2.81 bits per heavy atom. The van der Waals surface area contributed by atoms with Gasteiger partial charge in [0, 0.05) is 27.8 Å².